The highest BCUT2D eigenvalue weighted by Crippen LogP contribution is 2.25. The lowest BCUT2D eigenvalue weighted by atomic mass is 10.1. The van der Waals surface area contributed by atoms with Crippen LogP contribution in [0, 0.1) is 10.1 Å². The molecule has 0 aromatic heterocycles. The first-order chi connectivity index (χ1) is 11.5. The van der Waals surface area contributed by atoms with Crippen molar-refractivity contribution in [1.82, 2.24) is 0 Å². The summed E-state index contributed by atoms with van der Waals surface area (Å²) in [5.74, 6) is 0. The van der Waals surface area contributed by atoms with Crippen LogP contribution < -0.4 is 4.72 Å². The van der Waals surface area contributed by atoms with E-state index in [2.05, 4.69) is 4.72 Å². The number of nitro benzene ring substituents is 1. The Morgan fingerprint density at radius 2 is 1.67 bits per heavy atom. The van der Waals surface area contributed by atoms with Gasteiger partial charge in [-0.1, -0.05) is 19.9 Å². The van der Waals surface area contributed by atoms with Gasteiger partial charge in [0.2, 0.25) is 0 Å². The number of hydrogen-bond donors (Lipinski definition) is 1. The molecule has 0 unspecified atom stereocenters. The summed E-state index contributed by atoms with van der Waals surface area (Å²) in [7, 11) is -3.79. The fourth-order valence-electron chi connectivity index (χ4n) is 2.20. The summed E-state index contributed by atoms with van der Waals surface area (Å²) >= 11 is 0. The van der Waals surface area contributed by atoms with Gasteiger partial charge >= 0.3 is 0 Å². The summed E-state index contributed by atoms with van der Waals surface area (Å²) in [6.07, 6.45) is 0. The smallest absolute Gasteiger partial charge is 0.269 e. The average Bonchev–Trinajstić information content (AvgIpc) is 3.04. The molecule has 2 aromatic rings. The van der Waals surface area contributed by atoms with Gasteiger partial charge in [-0.15, -0.1) is 0 Å². The van der Waals surface area contributed by atoms with Crippen molar-refractivity contribution in [3.8, 4) is 0 Å². The number of hydrogen-bond acceptors (Lipinski definition) is 5. The van der Waals surface area contributed by atoms with Crippen molar-refractivity contribution in [2.45, 2.75) is 32.0 Å². The van der Waals surface area contributed by atoms with Crippen LogP contribution in [0.3, 0.4) is 0 Å². The van der Waals surface area contributed by atoms with E-state index in [0.717, 1.165) is 23.3 Å². The van der Waals surface area contributed by atoms with Crippen molar-refractivity contribution in [1.29, 1.82) is 0 Å². The number of non-ortho nitro benzene ring substituents is 1. The molecule has 0 bridgehead atoms. The largest absolute Gasteiger partial charge is 0.372 e. The highest BCUT2D eigenvalue weighted by Gasteiger charge is 2.18. The van der Waals surface area contributed by atoms with Gasteiger partial charge in [-0.05, 0) is 35.4 Å². The SMILES string of the molecule is CC.O=[N+]([O-])c1ccc(S(=O)(=O)Nc2ccc3c(c2)COC3)cc1. The van der Waals surface area contributed by atoms with Gasteiger partial charge in [-0.2, -0.15) is 0 Å². The van der Waals surface area contributed by atoms with E-state index in [1.165, 1.54) is 12.1 Å². The van der Waals surface area contributed by atoms with Gasteiger partial charge in [-0.3, -0.25) is 14.8 Å². The molecule has 24 heavy (non-hydrogen) atoms. The predicted molar refractivity (Wildman–Crippen MR) is 90.2 cm³/mol. The molecule has 1 aliphatic heterocycles. The van der Waals surface area contributed by atoms with Gasteiger partial charge in [0.15, 0.2) is 0 Å². The molecule has 8 heteroatoms. The number of nitro groups is 1. The van der Waals surface area contributed by atoms with Crippen LogP contribution in [0.15, 0.2) is 47.4 Å². The summed E-state index contributed by atoms with van der Waals surface area (Å²) in [5.41, 5.74) is 2.26. The topological polar surface area (TPSA) is 98.5 Å². The van der Waals surface area contributed by atoms with E-state index in [1.54, 1.807) is 12.1 Å². The highest BCUT2D eigenvalue weighted by molar-refractivity contribution is 7.92. The predicted octanol–water partition coefficient (Wildman–Crippen LogP) is 3.45. The molecule has 0 fully saturated rings. The van der Waals surface area contributed by atoms with E-state index in [-0.39, 0.29) is 10.6 Å². The van der Waals surface area contributed by atoms with Crippen molar-refractivity contribution < 1.29 is 18.1 Å². The quantitative estimate of drug-likeness (QED) is 0.672. The maximum atomic E-state index is 12.3. The minimum atomic E-state index is -3.79. The van der Waals surface area contributed by atoms with Gasteiger partial charge in [0.05, 0.1) is 23.0 Å². The van der Waals surface area contributed by atoms with Crippen LogP contribution in [0.25, 0.3) is 0 Å². The molecule has 1 heterocycles. The Kier molecular flexibility index (Phi) is 5.53. The van der Waals surface area contributed by atoms with Gasteiger partial charge in [0, 0.05) is 17.8 Å². The van der Waals surface area contributed by atoms with Gasteiger partial charge in [0.1, 0.15) is 0 Å². The normalized spacial score (nSPS) is 12.8. The molecule has 0 saturated carbocycles. The second-order valence-electron chi connectivity index (χ2n) is 4.83. The van der Waals surface area contributed by atoms with Gasteiger partial charge in [-0.25, -0.2) is 8.42 Å². The highest BCUT2D eigenvalue weighted by atomic mass is 32.2. The number of anilines is 1. The van der Waals surface area contributed by atoms with E-state index >= 15 is 0 Å². The number of benzene rings is 2. The minimum Gasteiger partial charge on any atom is -0.372 e. The summed E-state index contributed by atoms with van der Waals surface area (Å²) in [6.45, 7) is 4.99. The standard InChI is InChI=1S/C14H12N2O5S.C2H6/c17-16(18)13-3-5-14(6-4-13)22(19,20)15-12-2-1-10-8-21-9-11(10)7-12;1-2/h1-7,15H,8-9H2;1-2H3. The lowest BCUT2D eigenvalue weighted by Gasteiger charge is -2.09. The van der Waals surface area contributed by atoms with E-state index in [1.807, 2.05) is 19.9 Å². The number of rotatable bonds is 4. The molecule has 128 valence electrons. The summed E-state index contributed by atoms with van der Waals surface area (Å²) in [4.78, 5) is 9.98. The van der Waals surface area contributed by atoms with Crippen LogP contribution in [-0.4, -0.2) is 13.3 Å². The fraction of sp³-hybridized carbons (Fsp3) is 0.250. The maximum Gasteiger partial charge on any atom is 0.269 e. The lowest BCUT2D eigenvalue weighted by Crippen LogP contribution is -2.13. The van der Waals surface area contributed by atoms with E-state index in [9.17, 15) is 18.5 Å². The van der Waals surface area contributed by atoms with Crippen molar-refractivity contribution in [3.63, 3.8) is 0 Å². The van der Waals surface area contributed by atoms with Gasteiger partial charge in [0.25, 0.3) is 15.7 Å². The second-order valence-corrected chi connectivity index (χ2v) is 6.52. The fourth-order valence-corrected chi connectivity index (χ4v) is 3.25. The summed E-state index contributed by atoms with van der Waals surface area (Å²) in [6, 6.07) is 9.93. The van der Waals surface area contributed by atoms with Crippen molar-refractivity contribution in [2.24, 2.45) is 0 Å². The van der Waals surface area contributed by atoms with Crippen molar-refractivity contribution in [2.75, 3.05) is 4.72 Å². The van der Waals surface area contributed by atoms with Crippen molar-refractivity contribution in [3.05, 3.63) is 63.7 Å². The molecular weight excluding hydrogens is 332 g/mol. The van der Waals surface area contributed by atoms with Crippen LogP contribution in [0.5, 0.6) is 0 Å². The maximum absolute atomic E-state index is 12.3. The third-order valence-corrected chi connectivity index (χ3v) is 4.73. The molecule has 0 saturated heterocycles. The third kappa shape index (κ3) is 3.90. The zero-order chi connectivity index (χ0) is 17.7. The van der Waals surface area contributed by atoms with Crippen LogP contribution in [0.2, 0.25) is 0 Å². The summed E-state index contributed by atoms with van der Waals surface area (Å²) < 4.78 is 32.3. The van der Waals surface area contributed by atoms with Crippen LogP contribution in [0.4, 0.5) is 11.4 Å². The molecule has 0 spiro atoms. The number of sulfonamides is 1. The molecule has 1 aliphatic rings. The molecule has 0 amide bonds. The zero-order valence-corrected chi connectivity index (χ0v) is 14.2. The Morgan fingerprint density at radius 3 is 2.29 bits per heavy atom. The molecule has 0 aliphatic carbocycles. The molecule has 0 atom stereocenters. The number of nitrogens with zero attached hydrogens (tertiary/aromatic N) is 1. The third-order valence-electron chi connectivity index (χ3n) is 3.33. The first kappa shape index (κ1) is 17.9. The first-order valence-corrected chi connectivity index (χ1v) is 8.91. The molecule has 0 radical (unpaired) electrons. The molecule has 7 nitrogen and oxygen atoms in total. The zero-order valence-electron chi connectivity index (χ0n) is 13.4. The van der Waals surface area contributed by atoms with E-state index < -0.39 is 14.9 Å². The Balaban J connectivity index is 0.00000100. The Hall–Kier alpha value is -2.45. The monoisotopic (exact) mass is 350 g/mol. The Morgan fingerprint density at radius 1 is 1.04 bits per heavy atom. The minimum absolute atomic E-state index is 0.0325. The first-order valence-electron chi connectivity index (χ1n) is 7.42. The average molecular weight is 350 g/mol. The number of fused-ring (bicyclic) bond motifs is 1. The summed E-state index contributed by atoms with van der Waals surface area (Å²) in [5, 5.41) is 10.6. The molecule has 2 aromatic carbocycles. The van der Waals surface area contributed by atoms with Crippen LogP contribution in [-0.2, 0) is 28.0 Å². The molecule has 3 rings (SSSR count). The molecule has 1 N–H and O–H groups in total. The van der Waals surface area contributed by atoms with E-state index in [0.29, 0.717) is 18.9 Å². The number of ether oxygens (including phenoxy) is 1. The lowest BCUT2D eigenvalue weighted by molar-refractivity contribution is -0.384. The molecular formula is C16H18N2O5S. The van der Waals surface area contributed by atoms with Crippen LogP contribution in [0.1, 0.15) is 25.0 Å². The Labute approximate surface area is 140 Å². The second kappa shape index (κ2) is 7.41. The van der Waals surface area contributed by atoms with Crippen molar-refractivity contribution >= 4 is 21.4 Å². The number of nitrogens with one attached hydrogen (secondary N) is 1. The van der Waals surface area contributed by atoms with Gasteiger partial charge < -0.3 is 4.74 Å². The van der Waals surface area contributed by atoms with E-state index in [4.69, 9.17) is 4.74 Å². The van der Waals surface area contributed by atoms with Crippen LogP contribution >= 0.6 is 0 Å². The Bertz CT molecular complexity index is 832.